The topological polar surface area (TPSA) is 67.2 Å². The third kappa shape index (κ3) is 3.64. The normalized spacial score (nSPS) is 21.2. The molecule has 1 fully saturated rings. The third-order valence-corrected chi connectivity index (χ3v) is 4.63. The van der Waals surface area contributed by atoms with Gasteiger partial charge in [0.25, 0.3) is 5.91 Å². The highest BCUT2D eigenvalue weighted by molar-refractivity contribution is 5.92. The van der Waals surface area contributed by atoms with E-state index in [9.17, 15) is 14.3 Å². The van der Waals surface area contributed by atoms with Gasteiger partial charge in [-0.25, -0.2) is 9.07 Å². The van der Waals surface area contributed by atoms with Crippen LogP contribution in [-0.2, 0) is 0 Å². The monoisotopic (exact) mass is 331 g/mol. The number of carbonyl (C=O) groups excluding carboxylic acids is 1. The van der Waals surface area contributed by atoms with Crippen molar-refractivity contribution in [1.29, 1.82) is 0 Å². The maximum atomic E-state index is 13.8. The van der Waals surface area contributed by atoms with E-state index in [1.165, 1.54) is 10.7 Å². The van der Waals surface area contributed by atoms with Crippen molar-refractivity contribution in [3.63, 3.8) is 0 Å². The molecule has 2 N–H and O–H groups in total. The summed E-state index contributed by atoms with van der Waals surface area (Å²) in [5.74, 6) is -0.586. The number of benzene rings is 1. The molecule has 0 bridgehead atoms. The molecule has 128 valence electrons. The Morgan fingerprint density at radius 1 is 1.25 bits per heavy atom. The van der Waals surface area contributed by atoms with E-state index in [1.807, 2.05) is 0 Å². The summed E-state index contributed by atoms with van der Waals surface area (Å²) in [6, 6.07) is 7.83. The lowest BCUT2D eigenvalue weighted by atomic mass is 9.95. The fourth-order valence-corrected chi connectivity index (χ4v) is 3.25. The second kappa shape index (κ2) is 7.57. The van der Waals surface area contributed by atoms with Crippen molar-refractivity contribution in [2.45, 2.75) is 38.1 Å². The Labute approximate surface area is 140 Å². The molecular weight excluding hydrogens is 309 g/mol. The lowest BCUT2D eigenvalue weighted by Gasteiger charge is -2.24. The van der Waals surface area contributed by atoms with E-state index in [1.54, 1.807) is 30.5 Å². The lowest BCUT2D eigenvalue weighted by molar-refractivity contribution is 0.0894. The van der Waals surface area contributed by atoms with E-state index in [4.69, 9.17) is 0 Å². The van der Waals surface area contributed by atoms with Gasteiger partial charge in [0.1, 0.15) is 11.5 Å². The quantitative estimate of drug-likeness (QED) is 0.847. The number of hydrogen-bond donors (Lipinski definition) is 2. The maximum Gasteiger partial charge on any atom is 0.272 e. The van der Waals surface area contributed by atoms with Crippen LogP contribution in [0.2, 0.25) is 0 Å². The van der Waals surface area contributed by atoms with Crippen molar-refractivity contribution in [1.82, 2.24) is 15.1 Å². The number of aliphatic hydroxyl groups is 1. The summed E-state index contributed by atoms with van der Waals surface area (Å²) in [5.41, 5.74) is 0.554. The molecule has 1 aromatic heterocycles. The third-order valence-electron chi connectivity index (χ3n) is 4.63. The molecule has 1 amide bonds. The van der Waals surface area contributed by atoms with Crippen LogP contribution >= 0.6 is 0 Å². The fourth-order valence-electron chi connectivity index (χ4n) is 3.25. The van der Waals surface area contributed by atoms with Gasteiger partial charge in [-0.1, -0.05) is 31.4 Å². The van der Waals surface area contributed by atoms with Gasteiger partial charge in [-0.2, -0.15) is 5.10 Å². The summed E-state index contributed by atoms with van der Waals surface area (Å²) >= 11 is 0. The van der Waals surface area contributed by atoms with Crippen molar-refractivity contribution in [3.05, 3.63) is 48.0 Å². The van der Waals surface area contributed by atoms with Crippen LogP contribution in [0.3, 0.4) is 0 Å². The van der Waals surface area contributed by atoms with Crippen LogP contribution in [0.4, 0.5) is 4.39 Å². The molecule has 2 unspecified atom stereocenters. The number of amides is 1. The molecule has 6 heteroatoms. The Bertz CT molecular complexity index is 701. The molecule has 0 saturated heterocycles. The minimum absolute atomic E-state index is 0.0383. The van der Waals surface area contributed by atoms with Crippen molar-refractivity contribution in [3.8, 4) is 5.69 Å². The molecule has 0 radical (unpaired) electrons. The zero-order chi connectivity index (χ0) is 16.9. The van der Waals surface area contributed by atoms with Crippen LogP contribution in [0.15, 0.2) is 36.5 Å². The number of aromatic nitrogens is 2. The Morgan fingerprint density at radius 2 is 2.04 bits per heavy atom. The minimum atomic E-state index is -0.392. The number of para-hydroxylation sites is 1. The lowest BCUT2D eigenvalue weighted by Crippen LogP contribution is -2.41. The average molecular weight is 331 g/mol. The zero-order valence-electron chi connectivity index (χ0n) is 13.5. The highest BCUT2D eigenvalue weighted by Gasteiger charge is 2.25. The van der Waals surface area contributed by atoms with Crippen LogP contribution in [-0.4, -0.2) is 33.4 Å². The van der Waals surface area contributed by atoms with Crippen molar-refractivity contribution < 1.29 is 14.3 Å². The predicted octanol–water partition coefficient (Wildman–Crippen LogP) is 2.68. The van der Waals surface area contributed by atoms with E-state index in [0.29, 0.717) is 5.69 Å². The second-order valence-electron chi connectivity index (χ2n) is 6.26. The Morgan fingerprint density at radius 3 is 2.83 bits per heavy atom. The predicted molar refractivity (Wildman–Crippen MR) is 88.4 cm³/mol. The van der Waals surface area contributed by atoms with E-state index in [0.717, 1.165) is 32.1 Å². The van der Waals surface area contributed by atoms with Gasteiger partial charge in [-0.3, -0.25) is 4.79 Å². The van der Waals surface area contributed by atoms with Gasteiger partial charge in [-0.05, 0) is 31.0 Å². The van der Waals surface area contributed by atoms with Crippen LogP contribution in [0.25, 0.3) is 5.69 Å². The van der Waals surface area contributed by atoms with Crippen molar-refractivity contribution >= 4 is 5.91 Å². The van der Waals surface area contributed by atoms with E-state index in [2.05, 4.69) is 10.4 Å². The largest absolute Gasteiger partial charge is 0.396 e. The van der Waals surface area contributed by atoms with Gasteiger partial charge < -0.3 is 10.4 Å². The molecule has 1 aliphatic carbocycles. The Hall–Kier alpha value is -2.21. The molecule has 0 aliphatic heterocycles. The molecule has 3 rings (SSSR count). The number of carbonyl (C=O) groups is 1. The molecule has 1 heterocycles. The first-order chi connectivity index (χ1) is 11.7. The first-order valence-corrected chi connectivity index (χ1v) is 8.41. The molecule has 24 heavy (non-hydrogen) atoms. The summed E-state index contributed by atoms with van der Waals surface area (Å²) in [6.45, 7) is 0.0780. The molecule has 2 aromatic rings. The van der Waals surface area contributed by atoms with Crippen molar-refractivity contribution in [2.24, 2.45) is 5.92 Å². The highest BCUT2D eigenvalue weighted by atomic mass is 19.1. The Kier molecular flexibility index (Phi) is 5.25. The SMILES string of the molecule is O=C(NC1CCCCCC1CO)c1ccn(-c2ccccc2F)n1. The number of nitrogens with zero attached hydrogens (tertiary/aromatic N) is 2. The summed E-state index contributed by atoms with van der Waals surface area (Å²) < 4.78 is 15.2. The molecule has 1 aromatic carbocycles. The highest BCUT2D eigenvalue weighted by Crippen LogP contribution is 2.23. The number of hydrogen-bond acceptors (Lipinski definition) is 3. The van der Waals surface area contributed by atoms with Gasteiger partial charge in [0.15, 0.2) is 5.69 Å². The number of halogens is 1. The molecular formula is C18H22FN3O2. The number of nitrogens with one attached hydrogen (secondary N) is 1. The van der Waals surface area contributed by atoms with Crippen LogP contribution in [0.5, 0.6) is 0 Å². The van der Waals surface area contributed by atoms with E-state index < -0.39 is 5.82 Å². The Balaban J connectivity index is 1.73. The van der Waals surface area contributed by atoms with Crippen LogP contribution < -0.4 is 5.32 Å². The summed E-state index contributed by atoms with van der Waals surface area (Å²) in [5, 5.41) is 16.7. The minimum Gasteiger partial charge on any atom is -0.396 e. The summed E-state index contributed by atoms with van der Waals surface area (Å²) in [7, 11) is 0. The van der Waals surface area contributed by atoms with Gasteiger partial charge in [0.05, 0.1) is 0 Å². The molecule has 0 spiro atoms. The first kappa shape index (κ1) is 16.6. The molecule has 1 aliphatic rings. The van der Waals surface area contributed by atoms with Gasteiger partial charge in [0, 0.05) is 24.8 Å². The zero-order valence-corrected chi connectivity index (χ0v) is 13.5. The van der Waals surface area contributed by atoms with Crippen LogP contribution in [0, 0.1) is 11.7 Å². The van der Waals surface area contributed by atoms with Crippen LogP contribution in [0.1, 0.15) is 42.6 Å². The molecule has 1 saturated carbocycles. The van der Waals surface area contributed by atoms with Gasteiger partial charge >= 0.3 is 0 Å². The molecule has 5 nitrogen and oxygen atoms in total. The first-order valence-electron chi connectivity index (χ1n) is 8.41. The van der Waals surface area contributed by atoms with E-state index >= 15 is 0 Å². The molecule has 2 atom stereocenters. The average Bonchev–Trinajstić information content (AvgIpc) is 2.97. The van der Waals surface area contributed by atoms with E-state index in [-0.39, 0.29) is 30.2 Å². The van der Waals surface area contributed by atoms with Crippen molar-refractivity contribution in [2.75, 3.05) is 6.61 Å². The number of aliphatic hydroxyl groups excluding tert-OH is 1. The fraction of sp³-hybridized carbons (Fsp3) is 0.444. The standard InChI is InChI=1S/C18H22FN3O2/c19-14-7-4-5-9-17(14)22-11-10-16(21-22)18(24)20-15-8-3-1-2-6-13(15)12-23/h4-5,7,9-11,13,15,23H,1-3,6,8,12H2,(H,20,24). The smallest absolute Gasteiger partial charge is 0.272 e. The number of rotatable bonds is 4. The maximum absolute atomic E-state index is 13.8. The van der Waals surface area contributed by atoms with Gasteiger partial charge in [0.2, 0.25) is 0 Å². The summed E-state index contributed by atoms with van der Waals surface area (Å²) in [4.78, 5) is 12.5. The van der Waals surface area contributed by atoms with Gasteiger partial charge in [-0.15, -0.1) is 0 Å². The second-order valence-corrected chi connectivity index (χ2v) is 6.26. The summed E-state index contributed by atoms with van der Waals surface area (Å²) in [6.07, 6.45) is 6.62.